The molecule has 0 aromatic heterocycles. The van der Waals surface area contributed by atoms with Crippen LogP contribution in [0.15, 0.2) is 23.1 Å². The van der Waals surface area contributed by atoms with Gasteiger partial charge < -0.3 is 4.74 Å². The number of methoxy groups -OCH3 is 1. The molecule has 0 saturated heterocycles. The molecular weight excluding hydrogens is 252 g/mol. The van der Waals surface area contributed by atoms with E-state index in [1.807, 2.05) is 6.92 Å². The third-order valence-corrected chi connectivity index (χ3v) is 4.81. The van der Waals surface area contributed by atoms with Crippen LogP contribution in [0.1, 0.15) is 28.4 Å². The molecule has 0 atom stereocenters. The molecule has 96 valence electrons. The standard InChI is InChI=1S/C13H14O4S/c1-4-9-7-18(15,16)12-6-10(13(14)17-3)8(2)5-11(9)12/h4-6H,7H2,1-3H3/b9-4-. The monoisotopic (exact) mass is 266 g/mol. The van der Waals surface area contributed by atoms with Gasteiger partial charge in [-0.3, -0.25) is 0 Å². The molecule has 0 amide bonds. The summed E-state index contributed by atoms with van der Waals surface area (Å²) in [5.74, 6) is -0.512. The van der Waals surface area contributed by atoms with Crippen LogP contribution in [0, 0.1) is 6.92 Å². The minimum absolute atomic E-state index is 0.00288. The number of hydrogen-bond acceptors (Lipinski definition) is 4. The van der Waals surface area contributed by atoms with Gasteiger partial charge >= 0.3 is 5.97 Å². The van der Waals surface area contributed by atoms with Gasteiger partial charge in [-0.2, -0.15) is 0 Å². The molecule has 0 bridgehead atoms. The summed E-state index contributed by atoms with van der Waals surface area (Å²) in [7, 11) is -2.05. The maximum absolute atomic E-state index is 12.0. The molecule has 1 aliphatic heterocycles. The van der Waals surface area contributed by atoms with E-state index in [9.17, 15) is 13.2 Å². The molecule has 4 nitrogen and oxygen atoms in total. The number of sulfone groups is 1. The molecule has 0 N–H and O–H groups in total. The number of hydrogen-bond donors (Lipinski definition) is 0. The smallest absolute Gasteiger partial charge is 0.338 e. The number of benzene rings is 1. The van der Waals surface area contributed by atoms with Crippen LogP contribution < -0.4 is 0 Å². The van der Waals surface area contributed by atoms with Crippen LogP contribution in [0.3, 0.4) is 0 Å². The Morgan fingerprint density at radius 1 is 1.39 bits per heavy atom. The topological polar surface area (TPSA) is 60.4 Å². The minimum Gasteiger partial charge on any atom is -0.465 e. The van der Waals surface area contributed by atoms with Crippen molar-refractivity contribution in [2.24, 2.45) is 0 Å². The molecule has 0 aliphatic carbocycles. The Morgan fingerprint density at radius 3 is 2.61 bits per heavy atom. The number of allylic oxidation sites excluding steroid dienone is 1. The first-order valence-electron chi connectivity index (χ1n) is 5.52. The molecular formula is C13H14O4S. The van der Waals surface area contributed by atoms with E-state index >= 15 is 0 Å². The fourth-order valence-corrected chi connectivity index (χ4v) is 3.83. The molecule has 0 fully saturated rings. The number of carbonyl (C=O) groups is 1. The normalized spacial score (nSPS) is 18.7. The van der Waals surface area contributed by atoms with Gasteiger partial charge in [0.25, 0.3) is 0 Å². The Labute approximate surface area is 106 Å². The van der Waals surface area contributed by atoms with Crippen LogP contribution >= 0.6 is 0 Å². The van der Waals surface area contributed by atoms with Crippen molar-refractivity contribution in [3.05, 3.63) is 34.9 Å². The van der Waals surface area contributed by atoms with Crippen molar-refractivity contribution in [2.75, 3.05) is 12.9 Å². The largest absolute Gasteiger partial charge is 0.465 e. The molecule has 0 radical (unpaired) electrons. The second-order valence-corrected chi connectivity index (χ2v) is 6.19. The number of carbonyl (C=O) groups excluding carboxylic acids is 1. The molecule has 0 spiro atoms. The first-order valence-corrected chi connectivity index (χ1v) is 7.17. The second-order valence-electron chi connectivity index (χ2n) is 4.23. The Morgan fingerprint density at radius 2 is 2.06 bits per heavy atom. The molecule has 2 rings (SSSR count). The van der Waals surface area contributed by atoms with E-state index in [2.05, 4.69) is 4.74 Å². The van der Waals surface area contributed by atoms with Crippen LogP contribution in [-0.4, -0.2) is 27.2 Å². The van der Waals surface area contributed by atoms with E-state index in [0.717, 1.165) is 11.1 Å². The second kappa shape index (κ2) is 4.24. The lowest BCUT2D eigenvalue weighted by atomic mass is 10.0. The van der Waals surface area contributed by atoms with E-state index in [1.54, 1.807) is 19.1 Å². The SMILES string of the molecule is C/C=C1/CS(=O)(=O)c2cc(C(=O)OC)c(C)cc21. The highest BCUT2D eigenvalue weighted by Gasteiger charge is 2.31. The fraction of sp³-hybridized carbons (Fsp3) is 0.308. The number of ether oxygens (including phenoxy) is 1. The summed E-state index contributed by atoms with van der Waals surface area (Å²) in [4.78, 5) is 11.8. The zero-order chi connectivity index (χ0) is 13.5. The van der Waals surface area contributed by atoms with E-state index in [4.69, 9.17) is 0 Å². The molecule has 1 aromatic rings. The van der Waals surface area contributed by atoms with Gasteiger partial charge in [0.05, 0.1) is 23.3 Å². The van der Waals surface area contributed by atoms with Crippen molar-refractivity contribution in [2.45, 2.75) is 18.7 Å². The fourth-order valence-electron chi connectivity index (χ4n) is 2.13. The molecule has 0 saturated carbocycles. The van der Waals surface area contributed by atoms with E-state index in [0.29, 0.717) is 11.1 Å². The molecule has 1 aliphatic rings. The van der Waals surface area contributed by atoms with Gasteiger partial charge in [0.2, 0.25) is 0 Å². The summed E-state index contributed by atoms with van der Waals surface area (Å²) >= 11 is 0. The number of fused-ring (bicyclic) bond motifs is 1. The maximum Gasteiger partial charge on any atom is 0.338 e. The van der Waals surface area contributed by atoms with Gasteiger partial charge in [0.1, 0.15) is 0 Å². The van der Waals surface area contributed by atoms with Crippen LogP contribution in [-0.2, 0) is 14.6 Å². The first-order chi connectivity index (χ1) is 8.40. The van der Waals surface area contributed by atoms with Gasteiger partial charge in [0.15, 0.2) is 9.84 Å². The van der Waals surface area contributed by atoms with Gasteiger partial charge in [0, 0.05) is 0 Å². The molecule has 5 heteroatoms. The van der Waals surface area contributed by atoms with Crippen molar-refractivity contribution in [3.63, 3.8) is 0 Å². The average Bonchev–Trinajstić information content (AvgIpc) is 2.58. The summed E-state index contributed by atoms with van der Waals surface area (Å²) in [5, 5.41) is 0. The summed E-state index contributed by atoms with van der Waals surface area (Å²) in [5.41, 5.74) is 2.50. The zero-order valence-electron chi connectivity index (χ0n) is 10.5. The third-order valence-electron chi connectivity index (χ3n) is 3.11. The minimum atomic E-state index is -3.32. The van der Waals surface area contributed by atoms with Crippen molar-refractivity contribution in [3.8, 4) is 0 Å². The van der Waals surface area contributed by atoms with Gasteiger partial charge in [-0.05, 0) is 42.7 Å². The number of aryl methyl sites for hydroxylation is 1. The van der Waals surface area contributed by atoms with Crippen LogP contribution in [0.2, 0.25) is 0 Å². The number of esters is 1. The first kappa shape index (κ1) is 12.8. The average molecular weight is 266 g/mol. The summed E-state index contributed by atoms with van der Waals surface area (Å²) < 4.78 is 28.7. The molecule has 1 aromatic carbocycles. The lowest BCUT2D eigenvalue weighted by Gasteiger charge is -2.07. The Balaban J connectivity index is 2.74. The summed E-state index contributed by atoms with van der Waals surface area (Å²) in [6, 6.07) is 3.16. The van der Waals surface area contributed by atoms with E-state index in [1.165, 1.54) is 13.2 Å². The van der Waals surface area contributed by atoms with Crippen molar-refractivity contribution < 1.29 is 17.9 Å². The van der Waals surface area contributed by atoms with Crippen molar-refractivity contribution in [1.29, 1.82) is 0 Å². The highest BCUT2D eigenvalue weighted by molar-refractivity contribution is 7.92. The highest BCUT2D eigenvalue weighted by Crippen LogP contribution is 2.36. The Bertz CT molecular complexity index is 654. The Kier molecular flexibility index (Phi) is 3.02. The Hall–Kier alpha value is -1.62. The van der Waals surface area contributed by atoms with Gasteiger partial charge in [-0.25, -0.2) is 13.2 Å². The molecule has 1 heterocycles. The van der Waals surface area contributed by atoms with E-state index < -0.39 is 15.8 Å². The third kappa shape index (κ3) is 1.84. The quantitative estimate of drug-likeness (QED) is 0.729. The van der Waals surface area contributed by atoms with Gasteiger partial charge in [-0.15, -0.1) is 0 Å². The van der Waals surface area contributed by atoms with Crippen LogP contribution in [0.5, 0.6) is 0 Å². The van der Waals surface area contributed by atoms with E-state index in [-0.39, 0.29) is 10.6 Å². The highest BCUT2D eigenvalue weighted by atomic mass is 32.2. The van der Waals surface area contributed by atoms with Crippen LogP contribution in [0.25, 0.3) is 5.57 Å². The lowest BCUT2D eigenvalue weighted by molar-refractivity contribution is 0.0599. The molecule has 18 heavy (non-hydrogen) atoms. The predicted octanol–water partition coefficient (Wildman–Crippen LogP) is 1.97. The maximum atomic E-state index is 12.0. The van der Waals surface area contributed by atoms with Crippen LogP contribution in [0.4, 0.5) is 0 Å². The van der Waals surface area contributed by atoms with Crippen molar-refractivity contribution >= 4 is 21.4 Å². The molecule has 0 unspecified atom stereocenters. The number of rotatable bonds is 1. The zero-order valence-corrected chi connectivity index (χ0v) is 11.3. The summed E-state index contributed by atoms with van der Waals surface area (Å²) in [6.45, 7) is 3.58. The summed E-state index contributed by atoms with van der Waals surface area (Å²) in [6.07, 6.45) is 1.79. The lowest BCUT2D eigenvalue weighted by Crippen LogP contribution is -2.06. The van der Waals surface area contributed by atoms with Gasteiger partial charge in [-0.1, -0.05) is 6.08 Å². The van der Waals surface area contributed by atoms with Crippen molar-refractivity contribution in [1.82, 2.24) is 0 Å². The predicted molar refractivity (Wildman–Crippen MR) is 68.2 cm³/mol.